The Morgan fingerprint density at radius 1 is 0.490 bits per heavy atom. The maximum absolute atomic E-state index is 12.6. The molecule has 3 fully saturated rings. The summed E-state index contributed by atoms with van der Waals surface area (Å²) in [5.41, 5.74) is 27.8. The molecule has 0 atom stereocenters. The van der Waals surface area contributed by atoms with Gasteiger partial charge in [0.1, 0.15) is 17.8 Å². The first kappa shape index (κ1) is 81.0. The Kier molecular flexibility index (Phi) is 34.4. The standard InChI is InChI=1S/C29H31N3O2.C22H24N2O.C14H12INO.C8H13N.C8H8O2.3CH4/c1-34-25-15-11-23(12-16-25)21-31-29(18-5-2-6-19-29)20-17-22-9-13-24(14-10-22)28(33)32-27-8-4-3-7-26(27)30;1-17-7-3-4-8-20(17)24-21(25)19-11-9-18(10-12-19)13-16-22(23)14-5-2-6-15-22;1-10-4-2-3-5-13(10)16-14(17)11-6-8-12(15)9-7-11;1-2-8(9)6-4-3-5-7-8;1-10-8-4-2-7(6-9)3-5-8;;;/h3-4,7-16,31H,2,5-6,18-19,21,30H2,1H3,(H,32,33);3-4,7-12H,2,5-6,14-15,23H2,1H3,(H,24,25);2-9H,1H3,(H,16,17);1H,3-7,9H2;2-6H,1H3;3*1H4. The predicted octanol–water partition coefficient (Wildman–Crippen LogP) is 18.2. The third kappa shape index (κ3) is 26.5. The van der Waals surface area contributed by atoms with E-state index in [9.17, 15) is 19.2 Å². The van der Waals surface area contributed by atoms with Crippen LogP contribution in [-0.2, 0) is 6.54 Å². The van der Waals surface area contributed by atoms with Crippen LogP contribution in [0.2, 0.25) is 0 Å². The number of halogens is 1. The van der Waals surface area contributed by atoms with Crippen molar-refractivity contribution >= 4 is 69.3 Å². The van der Waals surface area contributed by atoms with Gasteiger partial charge < -0.3 is 42.6 Å². The Bertz CT molecular complexity index is 3940. The fourth-order valence-electron chi connectivity index (χ4n) is 10.9. The van der Waals surface area contributed by atoms with Crippen molar-refractivity contribution in [2.24, 2.45) is 11.5 Å². The van der Waals surface area contributed by atoms with Gasteiger partial charge in [-0.25, -0.2) is 0 Å². The number of benzene rings is 8. The van der Waals surface area contributed by atoms with E-state index in [4.69, 9.17) is 33.1 Å². The number of aryl methyl sites for hydroxylation is 2. The van der Waals surface area contributed by atoms with Gasteiger partial charge in [-0.3, -0.25) is 24.5 Å². The highest BCUT2D eigenvalue weighted by Gasteiger charge is 2.30. The fraction of sp³-hybridized carbons (Fsp3) is 0.310. The average Bonchev–Trinajstić information content (AvgIpc) is 0.893. The highest BCUT2D eigenvalue weighted by Crippen LogP contribution is 2.30. The number of amides is 3. The maximum atomic E-state index is 12.6. The zero-order valence-corrected chi connectivity index (χ0v) is 57.2. The molecular weight excluding hydrogens is 1330 g/mol. The molecule has 8 aromatic carbocycles. The topological polar surface area (TPSA) is 213 Å². The Morgan fingerprint density at radius 2 is 0.867 bits per heavy atom. The van der Waals surface area contributed by atoms with E-state index < -0.39 is 0 Å². The maximum Gasteiger partial charge on any atom is 0.255 e. The van der Waals surface area contributed by atoms with E-state index in [2.05, 4.69) is 85.6 Å². The van der Waals surface area contributed by atoms with E-state index in [1.165, 1.54) is 50.5 Å². The Morgan fingerprint density at radius 3 is 1.28 bits per heavy atom. The van der Waals surface area contributed by atoms with E-state index in [-0.39, 0.29) is 56.6 Å². The highest BCUT2D eigenvalue weighted by atomic mass is 127. The van der Waals surface area contributed by atoms with Crippen molar-refractivity contribution in [2.75, 3.05) is 35.9 Å². The number of nitrogens with one attached hydrogen (secondary N) is 4. The number of rotatable bonds is 12. The zero-order chi connectivity index (χ0) is 67.9. The average molecular weight is 1430 g/mol. The van der Waals surface area contributed by atoms with Crippen molar-refractivity contribution in [3.63, 3.8) is 0 Å². The van der Waals surface area contributed by atoms with Gasteiger partial charge in [-0.1, -0.05) is 170 Å². The summed E-state index contributed by atoms with van der Waals surface area (Å²) < 4.78 is 11.3. The van der Waals surface area contributed by atoms with Gasteiger partial charge >= 0.3 is 0 Å². The molecule has 0 aliphatic heterocycles. The number of terminal acetylenes is 1. The number of carbonyl (C=O) groups excluding carboxylic acids is 4. The van der Waals surface area contributed by atoms with Crippen LogP contribution in [0, 0.1) is 53.4 Å². The summed E-state index contributed by atoms with van der Waals surface area (Å²) in [6.45, 7) is 4.71. The molecule has 10 N–H and O–H groups in total. The summed E-state index contributed by atoms with van der Waals surface area (Å²) in [5.74, 6) is 17.2. The number of nitrogens with two attached hydrogens (primary N) is 3. The molecule has 0 radical (unpaired) electrons. The molecule has 0 aromatic heterocycles. The van der Waals surface area contributed by atoms with Crippen molar-refractivity contribution in [1.29, 1.82) is 0 Å². The third-order valence-corrected chi connectivity index (χ3v) is 17.5. The number of nitrogen functional groups attached to an aromatic ring is 1. The molecular formula is C84H100IN7O6. The van der Waals surface area contributed by atoms with Crippen LogP contribution in [-0.4, -0.2) is 54.8 Å². The smallest absolute Gasteiger partial charge is 0.255 e. The molecule has 3 aliphatic rings. The molecule has 3 amide bonds. The van der Waals surface area contributed by atoms with Crippen LogP contribution in [0.15, 0.2) is 194 Å². The molecule has 514 valence electrons. The van der Waals surface area contributed by atoms with E-state index in [1.54, 1.807) is 62.8 Å². The molecule has 0 heterocycles. The third-order valence-electron chi connectivity index (χ3n) is 16.8. The molecule has 0 saturated heterocycles. The number of aldehydes is 1. The molecule has 11 rings (SSSR count). The van der Waals surface area contributed by atoms with E-state index in [0.29, 0.717) is 33.6 Å². The highest BCUT2D eigenvalue weighted by molar-refractivity contribution is 14.1. The number of hydrogen-bond acceptors (Lipinski definition) is 10. The predicted molar refractivity (Wildman–Crippen MR) is 416 cm³/mol. The Hall–Kier alpha value is -9.47. The molecule has 98 heavy (non-hydrogen) atoms. The number of carbonyl (C=O) groups is 4. The molecule has 0 bridgehead atoms. The van der Waals surface area contributed by atoms with Gasteiger partial charge in [0.05, 0.1) is 42.2 Å². The Balaban J connectivity index is 0.000000280. The quantitative estimate of drug-likeness (QED) is 0.0266. The SMILES string of the molecule is C.C.C.C#CC1(N)CCCCC1.COc1ccc(C=O)cc1.COc1ccc(CNC2(C#Cc3ccc(C(=O)Nc4ccccc4N)cc3)CCCCC2)cc1.Cc1ccccc1NC(=O)c1ccc(C#CC2(N)CCCCC2)cc1.Cc1ccccc1NC(=O)c1ccc(I)cc1. The first-order valence-corrected chi connectivity index (χ1v) is 33.5. The summed E-state index contributed by atoms with van der Waals surface area (Å²) in [5, 5.41) is 12.4. The lowest BCUT2D eigenvalue weighted by molar-refractivity contribution is 0.101. The number of ether oxygens (including phenoxy) is 2. The van der Waals surface area contributed by atoms with Crippen molar-refractivity contribution in [1.82, 2.24) is 5.32 Å². The molecule has 14 heteroatoms. The second-order valence-corrected chi connectivity index (χ2v) is 25.3. The minimum atomic E-state index is -0.348. The van der Waals surface area contributed by atoms with Gasteiger partial charge in [-0.2, -0.15) is 0 Å². The van der Waals surface area contributed by atoms with Gasteiger partial charge in [0.15, 0.2) is 0 Å². The fourth-order valence-corrected chi connectivity index (χ4v) is 11.2. The van der Waals surface area contributed by atoms with Gasteiger partial charge in [0.2, 0.25) is 0 Å². The van der Waals surface area contributed by atoms with Gasteiger partial charge in [-0.15, -0.1) is 6.42 Å². The molecule has 0 spiro atoms. The number of hydrogen-bond donors (Lipinski definition) is 7. The van der Waals surface area contributed by atoms with E-state index in [0.717, 1.165) is 113 Å². The lowest BCUT2D eigenvalue weighted by Gasteiger charge is -2.34. The van der Waals surface area contributed by atoms with Gasteiger partial charge in [-0.05, 0) is 225 Å². The van der Waals surface area contributed by atoms with Crippen LogP contribution in [0.5, 0.6) is 11.5 Å². The van der Waals surface area contributed by atoms with Crippen molar-refractivity contribution in [3.05, 3.63) is 248 Å². The summed E-state index contributed by atoms with van der Waals surface area (Å²) in [7, 11) is 3.27. The minimum Gasteiger partial charge on any atom is -0.497 e. The minimum absolute atomic E-state index is 0. The second-order valence-electron chi connectivity index (χ2n) is 24.1. The molecule has 3 saturated carbocycles. The van der Waals surface area contributed by atoms with Crippen molar-refractivity contribution in [2.45, 2.75) is 156 Å². The van der Waals surface area contributed by atoms with Gasteiger partial charge in [0.25, 0.3) is 17.7 Å². The summed E-state index contributed by atoms with van der Waals surface area (Å²) in [6.07, 6.45) is 23.0. The molecule has 0 unspecified atom stereocenters. The first-order valence-electron chi connectivity index (χ1n) is 32.4. The van der Waals surface area contributed by atoms with Crippen molar-refractivity contribution in [3.8, 4) is 47.5 Å². The van der Waals surface area contributed by atoms with E-state index in [1.807, 2.05) is 147 Å². The zero-order valence-electron chi connectivity index (χ0n) is 55.0. The summed E-state index contributed by atoms with van der Waals surface area (Å²) in [6, 6.07) is 60.1. The van der Waals surface area contributed by atoms with Gasteiger partial charge in [0, 0.05) is 54.9 Å². The van der Waals surface area contributed by atoms with Crippen LogP contribution in [0.3, 0.4) is 0 Å². The molecule has 13 nitrogen and oxygen atoms in total. The van der Waals surface area contributed by atoms with Crippen LogP contribution >= 0.6 is 22.6 Å². The van der Waals surface area contributed by atoms with Crippen LogP contribution in [0.1, 0.15) is 188 Å². The number of anilines is 4. The lowest BCUT2D eigenvalue weighted by Crippen LogP contribution is -2.45. The summed E-state index contributed by atoms with van der Waals surface area (Å²) >= 11 is 2.22. The van der Waals surface area contributed by atoms with Crippen molar-refractivity contribution < 1.29 is 28.7 Å². The normalized spacial score (nSPS) is 14.0. The van der Waals surface area contributed by atoms with E-state index >= 15 is 0 Å². The number of methoxy groups -OCH3 is 2. The number of para-hydroxylation sites is 4. The Labute approximate surface area is 597 Å². The molecule has 3 aliphatic carbocycles. The first-order chi connectivity index (χ1) is 45.9. The largest absolute Gasteiger partial charge is 0.497 e. The van der Waals surface area contributed by atoms with Crippen LogP contribution < -0.4 is 47.9 Å². The van der Waals surface area contributed by atoms with Crippen LogP contribution in [0.4, 0.5) is 22.7 Å². The second kappa shape index (κ2) is 41.6. The lowest BCUT2D eigenvalue weighted by atomic mass is 9.81. The monoisotopic (exact) mass is 1430 g/mol. The molecule has 8 aromatic rings. The van der Waals surface area contributed by atoms with Crippen LogP contribution in [0.25, 0.3) is 0 Å². The summed E-state index contributed by atoms with van der Waals surface area (Å²) in [4.78, 5) is 47.1.